The molecule has 2 aromatic heterocycles. The standard InChI is InChI=1S/C21H23N5O2S2/c1-16-22-23-21(26(16)14-17-6-3-2-4-7-17)30-15-19(27)24-9-11-25(12-10-24)20(28)18-8-5-13-29-18/h2-8,13H,9-12,14-15H2,1H3. The summed E-state index contributed by atoms with van der Waals surface area (Å²) in [7, 11) is 0. The zero-order valence-electron chi connectivity index (χ0n) is 16.7. The molecule has 0 spiro atoms. The van der Waals surface area contributed by atoms with Crippen molar-refractivity contribution in [3.63, 3.8) is 0 Å². The Hall–Kier alpha value is -2.65. The van der Waals surface area contributed by atoms with Crippen molar-refractivity contribution < 1.29 is 9.59 Å². The normalized spacial score (nSPS) is 14.2. The van der Waals surface area contributed by atoms with E-state index in [4.69, 9.17) is 0 Å². The summed E-state index contributed by atoms with van der Waals surface area (Å²) in [5, 5.41) is 11.1. The predicted octanol–water partition coefficient (Wildman–Crippen LogP) is 2.77. The lowest BCUT2D eigenvalue weighted by Gasteiger charge is -2.34. The number of hydrogen-bond acceptors (Lipinski definition) is 6. The lowest BCUT2D eigenvalue weighted by atomic mass is 10.2. The van der Waals surface area contributed by atoms with Crippen molar-refractivity contribution in [3.05, 3.63) is 64.1 Å². The minimum atomic E-state index is 0.0518. The highest BCUT2D eigenvalue weighted by atomic mass is 32.2. The third-order valence-corrected chi connectivity index (χ3v) is 6.87. The molecule has 2 amide bonds. The lowest BCUT2D eigenvalue weighted by molar-refractivity contribution is -0.129. The monoisotopic (exact) mass is 441 g/mol. The molecule has 1 aliphatic heterocycles. The van der Waals surface area contributed by atoms with Gasteiger partial charge in [-0.1, -0.05) is 48.2 Å². The average molecular weight is 442 g/mol. The molecule has 156 valence electrons. The third-order valence-electron chi connectivity index (χ3n) is 5.06. The zero-order chi connectivity index (χ0) is 20.9. The average Bonchev–Trinajstić information content (AvgIpc) is 3.43. The Morgan fingerprint density at radius 1 is 1.00 bits per heavy atom. The van der Waals surface area contributed by atoms with Gasteiger partial charge in [0, 0.05) is 26.2 Å². The number of carbonyl (C=O) groups is 2. The molecule has 7 nitrogen and oxygen atoms in total. The van der Waals surface area contributed by atoms with E-state index in [-0.39, 0.29) is 11.8 Å². The topological polar surface area (TPSA) is 71.3 Å². The first-order valence-corrected chi connectivity index (χ1v) is 11.7. The van der Waals surface area contributed by atoms with Crippen molar-refractivity contribution in [1.82, 2.24) is 24.6 Å². The zero-order valence-corrected chi connectivity index (χ0v) is 18.4. The van der Waals surface area contributed by atoms with Crippen LogP contribution < -0.4 is 0 Å². The van der Waals surface area contributed by atoms with E-state index in [1.807, 2.05) is 57.0 Å². The van der Waals surface area contributed by atoms with Crippen LogP contribution in [0.25, 0.3) is 0 Å². The Kier molecular flexibility index (Phi) is 6.49. The highest BCUT2D eigenvalue weighted by Crippen LogP contribution is 2.20. The second kappa shape index (κ2) is 9.44. The van der Waals surface area contributed by atoms with Crippen molar-refractivity contribution in [2.24, 2.45) is 0 Å². The van der Waals surface area contributed by atoms with E-state index in [1.54, 1.807) is 0 Å². The first kappa shape index (κ1) is 20.6. The largest absolute Gasteiger partial charge is 0.338 e. The summed E-state index contributed by atoms with van der Waals surface area (Å²) in [6, 6.07) is 13.9. The van der Waals surface area contributed by atoms with Crippen molar-refractivity contribution in [2.45, 2.75) is 18.6 Å². The molecule has 0 aliphatic carbocycles. The maximum Gasteiger partial charge on any atom is 0.264 e. The van der Waals surface area contributed by atoms with E-state index in [2.05, 4.69) is 22.3 Å². The van der Waals surface area contributed by atoms with Gasteiger partial charge in [-0.25, -0.2) is 0 Å². The fourth-order valence-electron chi connectivity index (χ4n) is 3.35. The first-order chi connectivity index (χ1) is 14.6. The summed E-state index contributed by atoms with van der Waals surface area (Å²) in [4.78, 5) is 29.5. The second-order valence-corrected chi connectivity index (χ2v) is 8.93. The Morgan fingerprint density at radius 2 is 1.73 bits per heavy atom. The molecule has 1 aromatic carbocycles. The molecular weight excluding hydrogens is 418 g/mol. The minimum absolute atomic E-state index is 0.0518. The van der Waals surface area contributed by atoms with Crippen LogP contribution >= 0.6 is 23.1 Å². The lowest BCUT2D eigenvalue weighted by Crippen LogP contribution is -2.51. The molecule has 3 aromatic rings. The Bertz CT molecular complexity index is 996. The van der Waals surface area contributed by atoms with E-state index >= 15 is 0 Å². The Labute approximate surface area is 183 Å². The van der Waals surface area contributed by atoms with Crippen molar-refractivity contribution >= 4 is 34.9 Å². The van der Waals surface area contributed by atoms with Gasteiger partial charge in [-0.3, -0.25) is 9.59 Å². The number of benzene rings is 1. The van der Waals surface area contributed by atoms with E-state index in [1.165, 1.54) is 28.7 Å². The number of carbonyl (C=O) groups excluding carboxylic acids is 2. The molecule has 0 saturated carbocycles. The van der Waals surface area contributed by atoms with E-state index in [9.17, 15) is 9.59 Å². The highest BCUT2D eigenvalue weighted by molar-refractivity contribution is 7.99. The van der Waals surface area contributed by atoms with Gasteiger partial charge in [0.15, 0.2) is 5.16 Å². The predicted molar refractivity (Wildman–Crippen MR) is 118 cm³/mol. The molecule has 0 unspecified atom stereocenters. The molecule has 9 heteroatoms. The Morgan fingerprint density at radius 3 is 2.43 bits per heavy atom. The first-order valence-electron chi connectivity index (χ1n) is 9.79. The molecule has 0 radical (unpaired) electrons. The van der Waals surface area contributed by atoms with Crippen LogP contribution in [-0.2, 0) is 11.3 Å². The van der Waals surface area contributed by atoms with Gasteiger partial charge in [0.1, 0.15) is 5.82 Å². The number of piperazine rings is 1. The summed E-state index contributed by atoms with van der Waals surface area (Å²) in [6.45, 7) is 4.86. The summed E-state index contributed by atoms with van der Waals surface area (Å²) < 4.78 is 2.03. The number of amides is 2. The number of thiophene rings is 1. The SMILES string of the molecule is Cc1nnc(SCC(=O)N2CCN(C(=O)c3cccs3)CC2)n1Cc1ccccc1. The number of aryl methyl sites for hydroxylation is 1. The summed E-state index contributed by atoms with van der Waals surface area (Å²) >= 11 is 2.86. The molecule has 1 aliphatic rings. The molecule has 0 N–H and O–H groups in total. The Balaban J connectivity index is 1.30. The van der Waals surface area contributed by atoms with Crippen LogP contribution in [0.15, 0.2) is 53.0 Å². The minimum Gasteiger partial charge on any atom is -0.338 e. The van der Waals surface area contributed by atoms with Crippen molar-refractivity contribution in [3.8, 4) is 0 Å². The summed E-state index contributed by atoms with van der Waals surface area (Å²) in [5.41, 5.74) is 1.17. The van der Waals surface area contributed by atoms with Crippen LogP contribution in [0.5, 0.6) is 0 Å². The number of aromatic nitrogens is 3. The van der Waals surface area contributed by atoms with Gasteiger partial charge in [0.25, 0.3) is 5.91 Å². The molecule has 30 heavy (non-hydrogen) atoms. The van der Waals surface area contributed by atoms with Gasteiger partial charge in [0.05, 0.1) is 17.2 Å². The maximum absolute atomic E-state index is 12.7. The van der Waals surface area contributed by atoms with E-state index in [0.717, 1.165) is 15.9 Å². The van der Waals surface area contributed by atoms with E-state index < -0.39 is 0 Å². The number of nitrogens with zero attached hydrogens (tertiary/aromatic N) is 5. The fraction of sp³-hybridized carbons (Fsp3) is 0.333. The molecule has 1 fully saturated rings. The van der Waals surface area contributed by atoms with Gasteiger partial charge in [-0.2, -0.15) is 0 Å². The van der Waals surface area contributed by atoms with Gasteiger partial charge >= 0.3 is 0 Å². The number of hydrogen-bond donors (Lipinski definition) is 0. The summed E-state index contributed by atoms with van der Waals surface area (Å²) in [5.74, 6) is 1.26. The van der Waals surface area contributed by atoms with Crippen molar-refractivity contribution in [1.29, 1.82) is 0 Å². The number of thioether (sulfide) groups is 1. The number of rotatable bonds is 6. The van der Waals surface area contributed by atoms with Crippen LogP contribution in [0.4, 0.5) is 0 Å². The maximum atomic E-state index is 12.7. The molecule has 1 saturated heterocycles. The van der Waals surface area contributed by atoms with E-state index in [0.29, 0.717) is 38.5 Å². The molecule has 4 rings (SSSR count). The van der Waals surface area contributed by atoms with Crippen molar-refractivity contribution in [2.75, 3.05) is 31.9 Å². The van der Waals surface area contributed by atoms with Gasteiger partial charge < -0.3 is 14.4 Å². The second-order valence-electron chi connectivity index (χ2n) is 7.04. The third kappa shape index (κ3) is 4.73. The summed E-state index contributed by atoms with van der Waals surface area (Å²) in [6.07, 6.45) is 0. The van der Waals surface area contributed by atoms with Crippen LogP contribution in [0, 0.1) is 6.92 Å². The van der Waals surface area contributed by atoms with Crippen LogP contribution in [0.1, 0.15) is 21.1 Å². The van der Waals surface area contributed by atoms with Crippen LogP contribution in [0.3, 0.4) is 0 Å². The van der Waals surface area contributed by atoms with Crippen LogP contribution in [0.2, 0.25) is 0 Å². The fourth-order valence-corrected chi connectivity index (χ4v) is 4.93. The highest BCUT2D eigenvalue weighted by Gasteiger charge is 2.25. The smallest absolute Gasteiger partial charge is 0.264 e. The van der Waals surface area contributed by atoms with Gasteiger partial charge in [-0.15, -0.1) is 21.5 Å². The van der Waals surface area contributed by atoms with Crippen LogP contribution in [-0.4, -0.2) is 68.3 Å². The molecular formula is C21H23N5O2S2. The van der Waals surface area contributed by atoms with Gasteiger partial charge in [0.2, 0.25) is 5.91 Å². The molecule has 3 heterocycles. The molecule has 0 bridgehead atoms. The molecule has 0 atom stereocenters. The quantitative estimate of drug-likeness (QED) is 0.550. The van der Waals surface area contributed by atoms with Gasteiger partial charge in [-0.05, 0) is 23.9 Å².